The van der Waals surface area contributed by atoms with Crippen LogP contribution in [0.3, 0.4) is 0 Å². The molecule has 0 saturated carbocycles. The van der Waals surface area contributed by atoms with Crippen molar-refractivity contribution >= 4 is 34.1 Å². The van der Waals surface area contributed by atoms with E-state index in [1.54, 1.807) is 28.2 Å². The molecule has 1 aliphatic heterocycles. The molecule has 0 radical (unpaired) electrons. The van der Waals surface area contributed by atoms with Crippen molar-refractivity contribution < 1.29 is 19.1 Å². The van der Waals surface area contributed by atoms with Gasteiger partial charge < -0.3 is 28.4 Å². The number of aromatic nitrogens is 4. The number of hydrogen-bond acceptors (Lipinski definition) is 7. The van der Waals surface area contributed by atoms with Crippen LogP contribution in [0, 0.1) is 5.92 Å². The highest BCUT2D eigenvalue weighted by molar-refractivity contribution is 7.09. The van der Waals surface area contributed by atoms with Gasteiger partial charge in [-0.1, -0.05) is 56.3 Å². The SMILES string of the molecule is COCCN(C)C(=O)c1cn(Cc2cncn2CC2CCN(C(=O)OCc3csc(C(C)C)n3)CC2)cc1-c1cccc2ccccc12. The molecule has 0 atom stereocenters. The minimum Gasteiger partial charge on any atom is -0.443 e. The molecule has 0 spiro atoms. The van der Waals surface area contributed by atoms with Crippen LogP contribution in [0.25, 0.3) is 21.9 Å². The van der Waals surface area contributed by atoms with E-state index >= 15 is 0 Å². The van der Waals surface area contributed by atoms with Gasteiger partial charge in [0.2, 0.25) is 0 Å². The maximum atomic E-state index is 13.7. The number of piperidine rings is 1. The van der Waals surface area contributed by atoms with E-state index in [4.69, 9.17) is 9.47 Å². The lowest BCUT2D eigenvalue weighted by molar-refractivity contribution is 0.0744. The molecule has 11 heteroatoms. The van der Waals surface area contributed by atoms with E-state index in [2.05, 4.69) is 63.4 Å². The van der Waals surface area contributed by atoms with Gasteiger partial charge in [0, 0.05) is 75.8 Å². The number of benzene rings is 2. The van der Waals surface area contributed by atoms with Crippen LogP contribution >= 0.6 is 11.3 Å². The average molecular weight is 669 g/mol. The van der Waals surface area contributed by atoms with Crippen LogP contribution in [0.5, 0.6) is 0 Å². The van der Waals surface area contributed by atoms with Crippen molar-refractivity contribution in [1.29, 1.82) is 0 Å². The summed E-state index contributed by atoms with van der Waals surface area (Å²) in [6.45, 7) is 8.12. The molecular formula is C37H44N6O4S. The Kier molecular flexibility index (Phi) is 10.6. The van der Waals surface area contributed by atoms with E-state index in [1.807, 2.05) is 49.3 Å². The Bertz CT molecular complexity index is 1850. The number of likely N-dealkylation sites (N-methyl/N-ethyl adjacent to an activating group) is 1. The number of amides is 2. The fourth-order valence-corrected chi connectivity index (χ4v) is 7.09. The van der Waals surface area contributed by atoms with E-state index in [0.29, 0.717) is 50.2 Å². The summed E-state index contributed by atoms with van der Waals surface area (Å²) in [5.74, 6) is 0.737. The van der Waals surface area contributed by atoms with Gasteiger partial charge in [0.15, 0.2) is 0 Å². The summed E-state index contributed by atoms with van der Waals surface area (Å²) in [6.07, 6.45) is 9.33. The molecule has 0 N–H and O–H groups in total. The molecule has 6 rings (SSSR count). The molecule has 4 heterocycles. The van der Waals surface area contributed by atoms with Crippen molar-refractivity contribution in [3.05, 3.63) is 94.7 Å². The molecule has 252 valence electrons. The first kappa shape index (κ1) is 33.4. The van der Waals surface area contributed by atoms with Crippen LogP contribution < -0.4 is 0 Å². The summed E-state index contributed by atoms with van der Waals surface area (Å²) < 4.78 is 15.1. The van der Waals surface area contributed by atoms with Crippen molar-refractivity contribution in [2.45, 2.75) is 52.3 Å². The molecule has 1 aliphatic rings. The monoisotopic (exact) mass is 668 g/mol. The number of likely N-dealkylation sites (tertiary alicyclic amines) is 1. The molecule has 1 fully saturated rings. The Hall–Kier alpha value is -4.48. The van der Waals surface area contributed by atoms with Gasteiger partial charge in [-0.25, -0.2) is 14.8 Å². The molecular weight excluding hydrogens is 625 g/mol. The van der Waals surface area contributed by atoms with Gasteiger partial charge in [0.05, 0.1) is 41.4 Å². The highest BCUT2D eigenvalue weighted by Gasteiger charge is 2.25. The molecule has 2 aromatic carbocycles. The van der Waals surface area contributed by atoms with E-state index in [0.717, 1.165) is 57.7 Å². The molecule has 5 aromatic rings. The number of carbonyl (C=O) groups is 2. The molecule has 0 aliphatic carbocycles. The average Bonchev–Trinajstić information content (AvgIpc) is 3.87. The zero-order valence-electron chi connectivity index (χ0n) is 28.2. The second-order valence-electron chi connectivity index (χ2n) is 12.9. The Morgan fingerprint density at radius 1 is 1.06 bits per heavy atom. The second-order valence-corrected chi connectivity index (χ2v) is 13.7. The third kappa shape index (κ3) is 7.63. The van der Waals surface area contributed by atoms with Gasteiger partial charge in [-0.2, -0.15) is 0 Å². The number of methoxy groups -OCH3 is 1. The summed E-state index contributed by atoms with van der Waals surface area (Å²) in [7, 11) is 3.46. The number of thiazole rings is 1. The van der Waals surface area contributed by atoms with Crippen molar-refractivity contribution in [2.24, 2.45) is 5.92 Å². The van der Waals surface area contributed by atoms with Crippen LogP contribution in [0.1, 0.15) is 59.4 Å². The zero-order valence-corrected chi connectivity index (χ0v) is 29.0. The smallest absolute Gasteiger partial charge is 0.410 e. The van der Waals surface area contributed by atoms with Crippen LogP contribution in [0.15, 0.2) is 72.8 Å². The number of hydrogen-bond donors (Lipinski definition) is 0. The maximum absolute atomic E-state index is 13.7. The summed E-state index contributed by atoms with van der Waals surface area (Å²) >= 11 is 1.61. The Morgan fingerprint density at radius 2 is 1.85 bits per heavy atom. The first-order valence-electron chi connectivity index (χ1n) is 16.6. The fourth-order valence-electron chi connectivity index (χ4n) is 6.27. The molecule has 48 heavy (non-hydrogen) atoms. The van der Waals surface area contributed by atoms with Gasteiger partial charge in [0.25, 0.3) is 5.91 Å². The number of imidazole rings is 1. The van der Waals surface area contributed by atoms with Gasteiger partial charge in [-0.15, -0.1) is 11.3 Å². The number of fused-ring (bicyclic) bond motifs is 1. The van der Waals surface area contributed by atoms with Crippen molar-refractivity contribution in [3.63, 3.8) is 0 Å². The number of carbonyl (C=O) groups excluding carboxylic acids is 2. The van der Waals surface area contributed by atoms with Crippen molar-refractivity contribution in [2.75, 3.05) is 40.4 Å². The molecule has 0 unspecified atom stereocenters. The number of ether oxygens (including phenoxy) is 2. The van der Waals surface area contributed by atoms with Crippen LogP contribution in [-0.4, -0.2) is 81.3 Å². The molecule has 3 aromatic heterocycles. The molecule has 1 saturated heterocycles. The lowest BCUT2D eigenvalue weighted by atomic mass is 9.97. The van der Waals surface area contributed by atoms with E-state index < -0.39 is 0 Å². The third-order valence-electron chi connectivity index (χ3n) is 9.05. The van der Waals surface area contributed by atoms with E-state index in [1.165, 1.54) is 0 Å². The minimum absolute atomic E-state index is 0.0422. The zero-order chi connectivity index (χ0) is 33.6. The molecule has 10 nitrogen and oxygen atoms in total. The predicted molar refractivity (Wildman–Crippen MR) is 188 cm³/mol. The third-order valence-corrected chi connectivity index (χ3v) is 10.2. The lowest BCUT2D eigenvalue weighted by Gasteiger charge is -2.31. The summed E-state index contributed by atoms with van der Waals surface area (Å²) in [6, 6.07) is 14.5. The number of rotatable bonds is 12. The van der Waals surface area contributed by atoms with Crippen LogP contribution in [0.4, 0.5) is 4.79 Å². The number of nitrogens with zero attached hydrogens (tertiary/aromatic N) is 6. The highest BCUT2D eigenvalue weighted by atomic mass is 32.1. The van der Waals surface area contributed by atoms with Gasteiger partial charge in [-0.3, -0.25) is 4.79 Å². The van der Waals surface area contributed by atoms with Gasteiger partial charge in [-0.05, 0) is 35.1 Å². The maximum Gasteiger partial charge on any atom is 0.410 e. The Morgan fingerprint density at radius 3 is 2.62 bits per heavy atom. The van der Waals surface area contributed by atoms with Gasteiger partial charge >= 0.3 is 6.09 Å². The first-order valence-corrected chi connectivity index (χ1v) is 17.5. The van der Waals surface area contributed by atoms with E-state index in [9.17, 15) is 9.59 Å². The summed E-state index contributed by atoms with van der Waals surface area (Å²) in [4.78, 5) is 39.1. The van der Waals surface area contributed by atoms with Crippen molar-refractivity contribution in [1.82, 2.24) is 28.9 Å². The minimum atomic E-state index is -0.274. The quantitative estimate of drug-likeness (QED) is 0.144. The second kappa shape index (κ2) is 15.2. The van der Waals surface area contributed by atoms with Crippen LogP contribution in [-0.2, 0) is 29.2 Å². The largest absolute Gasteiger partial charge is 0.443 e. The highest BCUT2D eigenvalue weighted by Crippen LogP contribution is 2.33. The van der Waals surface area contributed by atoms with Crippen LogP contribution in [0.2, 0.25) is 0 Å². The Labute approximate surface area is 285 Å². The van der Waals surface area contributed by atoms with Gasteiger partial charge in [0.1, 0.15) is 6.61 Å². The molecule has 2 amide bonds. The summed E-state index contributed by atoms with van der Waals surface area (Å²) in [5.41, 5.74) is 4.46. The van der Waals surface area contributed by atoms with E-state index in [-0.39, 0.29) is 18.6 Å². The first-order chi connectivity index (χ1) is 23.3. The fraction of sp³-hybridized carbons (Fsp3) is 0.405. The lowest BCUT2D eigenvalue weighted by Crippen LogP contribution is -2.39. The predicted octanol–water partition coefficient (Wildman–Crippen LogP) is 6.90. The molecule has 0 bridgehead atoms. The topological polar surface area (TPSA) is 94.7 Å². The standard InChI is InChI=1S/C37H44N6O4S/c1-26(2)35-39-29(24-48-35)23-47-37(45)42-14-12-27(13-15-42)19-43-25-38-18-30(43)20-41-21-33(34(22-41)36(44)40(3)16-17-46-4)32-11-7-9-28-8-5-6-10-31(28)32/h5-11,18,21-22,24-27H,12-17,19-20,23H2,1-4H3. The normalized spacial score (nSPS) is 13.8. The van der Waals surface area contributed by atoms with Crippen molar-refractivity contribution in [3.8, 4) is 11.1 Å². The Balaban J connectivity index is 1.12. The summed E-state index contributed by atoms with van der Waals surface area (Å²) in [5, 5.41) is 5.26.